The molecule has 0 saturated heterocycles. The molecule has 2 rings (SSSR count). The number of nitrogens with zero attached hydrogens (tertiary/aromatic N) is 1. The molecule has 0 bridgehead atoms. The molecule has 1 aliphatic heterocycles. The van der Waals surface area contributed by atoms with Crippen LogP contribution in [0.2, 0.25) is 0 Å². The second-order valence-electron chi connectivity index (χ2n) is 3.95. The smallest absolute Gasteiger partial charge is 0.270 e. The Balaban J connectivity index is 2.32. The Morgan fingerprint density at radius 2 is 2.18 bits per heavy atom. The van der Waals surface area contributed by atoms with E-state index in [4.69, 9.17) is 0 Å². The number of fused-ring (bicyclic) bond motifs is 1. The zero-order valence-corrected chi connectivity index (χ0v) is 9.40. The molecule has 6 heteroatoms. The van der Waals surface area contributed by atoms with E-state index in [1.54, 1.807) is 6.07 Å². The van der Waals surface area contributed by atoms with Crippen LogP contribution >= 0.6 is 0 Å². The standard InChI is InChI=1S/C11H13N3O3/c1-2-3-10-12-9-5-4-7(14(16)17)6-8(9)11(15)13-10/h4-6,10,12H,2-3H2,1H3,(H,13,15). The number of anilines is 1. The van der Waals surface area contributed by atoms with Gasteiger partial charge in [-0.05, 0) is 12.5 Å². The average molecular weight is 235 g/mol. The van der Waals surface area contributed by atoms with Crippen LogP contribution in [0.15, 0.2) is 18.2 Å². The largest absolute Gasteiger partial charge is 0.365 e. The number of hydrogen-bond donors (Lipinski definition) is 2. The first-order chi connectivity index (χ1) is 8.11. The van der Waals surface area contributed by atoms with E-state index in [0.29, 0.717) is 11.3 Å². The molecule has 0 fully saturated rings. The van der Waals surface area contributed by atoms with Crippen molar-refractivity contribution in [1.82, 2.24) is 5.32 Å². The van der Waals surface area contributed by atoms with Crippen molar-refractivity contribution in [2.75, 3.05) is 5.32 Å². The maximum Gasteiger partial charge on any atom is 0.270 e. The molecular weight excluding hydrogens is 222 g/mol. The maximum absolute atomic E-state index is 11.8. The lowest BCUT2D eigenvalue weighted by Gasteiger charge is -2.27. The number of carbonyl (C=O) groups is 1. The first kappa shape index (κ1) is 11.4. The molecule has 1 aliphatic rings. The second-order valence-corrected chi connectivity index (χ2v) is 3.95. The van der Waals surface area contributed by atoms with Gasteiger partial charge in [0.15, 0.2) is 0 Å². The Labute approximate surface area is 98.2 Å². The van der Waals surface area contributed by atoms with Gasteiger partial charge in [0.05, 0.1) is 16.7 Å². The lowest BCUT2D eigenvalue weighted by atomic mass is 10.1. The van der Waals surface area contributed by atoms with Crippen molar-refractivity contribution in [2.24, 2.45) is 0 Å². The van der Waals surface area contributed by atoms with Crippen LogP contribution in [-0.4, -0.2) is 17.0 Å². The summed E-state index contributed by atoms with van der Waals surface area (Å²) in [6.45, 7) is 2.03. The number of rotatable bonds is 3. The Bertz CT molecular complexity index is 473. The molecule has 1 atom stereocenters. The maximum atomic E-state index is 11.8. The predicted octanol–water partition coefficient (Wildman–Crippen LogP) is 1.88. The van der Waals surface area contributed by atoms with Crippen LogP contribution in [-0.2, 0) is 0 Å². The Morgan fingerprint density at radius 3 is 2.82 bits per heavy atom. The summed E-state index contributed by atoms with van der Waals surface area (Å²) in [6, 6.07) is 4.27. The summed E-state index contributed by atoms with van der Waals surface area (Å²) in [5.41, 5.74) is 0.902. The van der Waals surface area contributed by atoms with E-state index >= 15 is 0 Å². The molecule has 1 heterocycles. The summed E-state index contributed by atoms with van der Waals surface area (Å²) < 4.78 is 0. The Morgan fingerprint density at radius 1 is 1.41 bits per heavy atom. The van der Waals surface area contributed by atoms with Crippen LogP contribution in [0.25, 0.3) is 0 Å². The number of amides is 1. The van der Waals surface area contributed by atoms with Crippen LogP contribution in [0, 0.1) is 10.1 Å². The third kappa shape index (κ3) is 2.20. The fourth-order valence-electron chi connectivity index (χ4n) is 1.85. The quantitative estimate of drug-likeness (QED) is 0.618. The highest BCUT2D eigenvalue weighted by molar-refractivity contribution is 6.02. The van der Waals surface area contributed by atoms with Crippen molar-refractivity contribution >= 4 is 17.3 Å². The van der Waals surface area contributed by atoms with E-state index in [2.05, 4.69) is 10.6 Å². The minimum Gasteiger partial charge on any atom is -0.365 e. The topological polar surface area (TPSA) is 84.3 Å². The number of non-ortho nitro benzene ring substituents is 1. The molecule has 0 aliphatic carbocycles. The van der Waals surface area contributed by atoms with Gasteiger partial charge in [-0.15, -0.1) is 0 Å². The number of carbonyl (C=O) groups excluding carboxylic acids is 1. The van der Waals surface area contributed by atoms with E-state index in [1.807, 2.05) is 6.92 Å². The van der Waals surface area contributed by atoms with Crippen molar-refractivity contribution in [2.45, 2.75) is 25.9 Å². The molecule has 1 aromatic rings. The normalized spacial score (nSPS) is 17.9. The fraction of sp³-hybridized carbons (Fsp3) is 0.364. The minimum atomic E-state index is -0.508. The molecule has 0 saturated carbocycles. The zero-order chi connectivity index (χ0) is 12.4. The van der Waals surface area contributed by atoms with Crippen molar-refractivity contribution in [3.63, 3.8) is 0 Å². The zero-order valence-electron chi connectivity index (χ0n) is 9.40. The van der Waals surface area contributed by atoms with Crippen LogP contribution in [0.5, 0.6) is 0 Å². The van der Waals surface area contributed by atoms with Crippen LogP contribution in [0.3, 0.4) is 0 Å². The lowest BCUT2D eigenvalue weighted by molar-refractivity contribution is -0.384. The summed E-state index contributed by atoms with van der Waals surface area (Å²) in [5.74, 6) is -0.263. The van der Waals surface area contributed by atoms with Gasteiger partial charge in [-0.25, -0.2) is 0 Å². The summed E-state index contributed by atoms with van der Waals surface area (Å²) in [6.07, 6.45) is 1.67. The molecule has 1 aromatic carbocycles. The van der Waals surface area contributed by atoms with Crippen molar-refractivity contribution < 1.29 is 9.72 Å². The number of hydrogen-bond acceptors (Lipinski definition) is 4. The van der Waals surface area contributed by atoms with Crippen LogP contribution < -0.4 is 10.6 Å². The van der Waals surface area contributed by atoms with Gasteiger partial charge in [-0.1, -0.05) is 13.3 Å². The second kappa shape index (κ2) is 4.40. The molecule has 2 N–H and O–H groups in total. The fourth-order valence-corrected chi connectivity index (χ4v) is 1.85. The van der Waals surface area contributed by atoms with E-state index in [0.717, 1.165) is 12.8 Å². The third-order valence-electron chi connectivity index (χ3n) is 2.67. The number of benzene rings is 1. The molecule has 1 unspecified atom stereocenters. The van der Waals surface area contributed by atoms with Gasteiger partial charge in [0.2, 0.25) is 0 Å². The molecule has 1 amide bonds. The van der Waals surface area contributed by atoms with Crippen molar-refractivity contribution in [3.05, 3.63) is 33.9 Å². The lowest BCUT2D eigenvalue weighted by Crippen LogP contribution is -2.44. The third-order valence-corrected chi connectivity index (χ3v) is 2.67. The summed E-state index contributed by atoms with van der Waals surface area (Å²) in [4.78, 5) is 21.9. The van der Waals surface area contributed by atoms with Gasteiger partial charge in [-0.2, -0.15) is 0 Å². The first-order valence-corrected chi connectivity index (χ1v) is 5.47. The number of nitro benzene ring substituents is 1. The molecular formula is C11H13N3O3. The van der Waals surface area contributed by atoms with Gasteiger partial charge >= 0.3 is 0 Å². The van der Waals surface area contributed by atoms with Crippen LogP contribution in [0.4, 0.5) is 11.4 Å². The van der Waals surface area contributed by atoms with Gasteiger partial charge in [-0.3, -0.25) is 14.9 Å². The molecule has 0 spiro atoms. The predicted molar refractivity (Wildman–Crippen MR) is 62.9 cm³/mol. The summed E-state index contributed by atoms with van der Waals surface area (Å²) in [5, 5.41) is 16.5. The Hall–Kier alpha value is -2.11. The molecule has 90 valence electrons. The minimum absolute atomic E-state index is 0.0744. The first-order valence-electron chi connectivity index (χ1n) is 5.47. The van der Waals surface area contributed by atoms with Crippen molar-refractivity contribution in [3.8, 4) is 0 Å². The van der Waals surface area contributed by atoms with E-state index in [9.17, 15) is 14.9 Å². The number of nitrogens with one attached hydrogen (secondary N) is 2. The molecule has 0 radical (unpaired) electrons. The van der Waals surface area contributed by atoms with Crippen molar-refractivity contribution in [1.29, 1.82) is 0 Å². The highest BCUT2D eigenvalue weighted by atomic mass is 16.6. The van der Waals surface area contributed by atoms with E-state index < -0.39 is 4.92 Å². The number of nitro groups is 1. The molecule has 0 aromatic heterocycles. The average Bonchev–Trinajstić information content (AvgIpc) is 2.29. The van der Waals surface area contributed by atoms with Crippen LogP contribution in [0.1, 0.15) is 30.1 Å². The van der Waals surface area contributed by atoms with E-state index in [1.165, 1.54) is 12.1 Å². The van der Waals surface area contributed by atoms with Gasteiger partial charge in [0, 0.05) is 17.8 Å². The highest BCUT2D eigenvalue weighted by Gasteiger charge is 2.24. The highest BCUT2D eigenvalue weighted by Crippen LogP contribution is 2.25. The van der Waals surface area contributed by atoms with Gasteiger partial charge < -0.3 is 10.6 Å². The SMILES string of the molecule is CCCC1NC(=O)c2cc([N+](=O)[O-])ccc2N1. The molecule has 6 nitrogen and oxygen atoms in total. The molecule has 17 heavy (non-hydrogen) atoms. The monoisotopic (exact) mass is 235 g/mol. The van der Waals surface area contributed by atoms with E-state index in [-0.39, 0.29) is 17.8 Å². The summed E-state index contributed by atoms with van der Waals surface area (Å²) >= 11 is 0. The summed E-state index contributed by atoms with van der Waals surface area (Å²) in [7, 11) is 0. The Kier molecular flexibility index (Phi) is 2.95. The van der Waals surface area contributed by atoms with Gasteiger partial charge in [0.1, 0.15) is 0 Å². The van der Waals surface area contributed by atoms with Gasteiger partial charge in [0.25, 0.3) is 11.6 Å².